The average Bonchev–Trinajstić information content (AvgIpc) is 1.60. The smallest absolute Gasteiger partial charge is 0.227 e. The van der Waals surface area contributed by atoms with Gasteiger partial charge in [0.25, 0.3) is 0 Å². The number of rotatable bonds is 6. The van der Waals surface area contributed by atoms with Gasteiger partial charge < -0.3 is 22.1 Å². The number of furan rings is 5. The Bertz CT molecular complexity index is 7570. The third-order valence-corrected chi connectivity index (χ3v) is 22.8. The van der Waals surface area contributed by atoms with E-state index in [1.807, 2.05) is 121 Å². The molecule has 0 bridgehead atoms. The Morgan fingerprint density at radius 1 is 0.271 bits per heavy atom. The lowest BCUT2D eigenvalue weighted by Crippen LogP contribution is -2.31. The van der Waals surface area contributed by atoms with E-state index in [0.29, 0.717) is 51.0 Å². The lowest BCUT2D eigenvalue weighted by molar-refractivity contribution is -0.660. The Balaban J connectivity index is 0.000000113. The van der Waals surface area contributed by atoms with Crippen LogP contribution in [0.5, 0.6) is 0 Å². The van der Waals surface area contributed by atoms with E-state index in [9.17, 15) is 0 Å². The highest BCUT2D eigenvalue weighted by Crippen LogP contribution is 2.43. The summed E-state index contributed by atoms with van der Waals surface area (Å²) in [4.78, 5) is 22.7. The second-order valence-electron chi connectivity index (χ2n) is 32.2. The van der Waals surface area contributed by atoms with Crippen molar-refractivity contribution >= 4 is 110 Å². The molecule has 20 rings (SSSR count). The minimum atomic E-state index is -2.24. The van der Waals surface area contributed by atoms with Gasteiger partial charge in [0.2, 0.25) is 57.0 Å². The highest BCUT2D eigenvalue weighted by atomic mass is 16.4. The summed E-state index contributed by atoms with van der Waals surface area (Å²) in [7, 11) is 10.3. The monoisotopic (exact) mass is 1560 g/mol. The van der Waals surface area contributed by atoms with Crippen molar-refractivity contribution in [1.82, 2.24) is 24.9 Å². The zero-order valence-electron chi connectivity index (χ0n) is 74.2. The van der Waals surface area contributed by atoms with Crippen molar-refractivity contribution in [2.24, 2.45) is 35.2 Å². The van der Waals surface area contributed by atoms with Gasteiger partial charge in [0, 0.05) is 146 Å². The van der Waals surface area contributed by atoms with Crippen molar-refractivity contribution in [3.63, 3.8) is 0 Å². The fourth-order valence-electron chi connectivity index (χ4n) is 16.4. The summed E-state index contributed by atoms with van der Waals surface area (Å²) >= 11 is 0. The summed E-state index contributed by atoms with van der Waals surface area (Å²) in [5.41, 5.74) is 35.6. The molecule has 0 atom stereocenters. The summed E-state index contributed by atoms with van der Waals surface area (Å²) in [6.45, 7) is 30.9. The molecule has 0 saturated heterocycles. The molecule has 15 nitrogen and oxygen atoms in total. The standard InChI is InChI=1S/C22H23N2O.2C21H21N2O.C20H19N2O.C19H17N2O/c1-13(2)16-10-11-24(5)19(12-16)20-14(3)6-8-17-18-9-7-15(4)23-22(18)25-21(17)20;1-12-6-9-17(23(5)11-12)19-14(3)10-13(2)18-16-8-7-15(4)22-21(16)24-20(18)19;1-12-6-8-16-17-9-7-15(4)22-21(17)24-20(16)19(12)18-10-13(2)14(3)11-23(18)5;1-12-5-10-17(22(4)11-12)18-13(2)6-8-15-16-9-7-14(3)21-20(16)23-19(15)18;1-12-7-9-14-15-10-8-13(2)20-19(15)22-18(14)17(12)16-6-4-5-11-21(16)3/h6-13H,1-5H3;2*6-11H,1-5H3;5-11H,1-4H3;4-11H,1-3H3/q5*+1/i;2D3;;;. The van der Waals surface area contributed by atoms with Crippen LogP contribution in [0.2, 0.25) is 0 Å². The van der Waals surface area contributed by atoms with E-state index in [0.717, 1.165) is 161 Å². The molecule has 20 aromatic rings. The molecule has 0 spiro atoms. The van der Waals surface area contributed by atoms with E-state index in [2.05, 4.69) is 274 Å². The number of aryl methyl sites for hydroxylation is 20. The van der Waals surface area contributed by atoms with Crippen molar-refractivity contribution in [1.29, 1.82) is 0 Å². The van der Waals surface area contributed by atoms with Gasteiger partial charge in [-0.2, -0.15) is 0 Å². The molecule has 0 aliphatic rings. The molecule has 5 aromatic carbocycles. The maximum absolute atomic E-state index is 8.02. The molecule has 15 heterocycles. The third-order valence-electron chi connectivity index (χ3n) is 22.8. The highest BCUT2D eigenvalue weighted by molar-refractivity contribution is 6.13. The number of aromatic nitrogens is 10. The number of fused-ring (bicyclic) bond motifs is 15. The van der Waals surface area contributed by atoms with E-state index < -0.39 is 6.85 Å². The number of nitrogens with zero attached hydrogens (tertiary/aromatic N) is 10. The number of pyridine rings is 10. The van der Waals surface area contributed by atoms with Crippen molar-refractivity contribution in [3.8, 4) is 56.3 Å². The molecule has 588 valence electrons. The van der Waals surface area contributed by atoms with Gasteiger partial charge in [-0.3, -0.25) is 0 Å². The lowest BCUT2D eigenvalue weighted by atomic mass is 9.97. The summed E-state index contributed by atoms with van der Waals surface area (Å²) in [6, 6.07) is 60.5. The molecule has 0 radical (unpaired) electrons. The Kier molecular flexibility index (Phi) is 19.8. The summed E-state index contributed by atoms with van der Waals surface area (Å²) in [5.74, 6) is 0.486. The SMILES string of the molecule is Cc1ccc(-c2c(C)ccc3c2oc2nc(C)ccc23)[n+](C)c1.Cc1ccc2c(n1)oc1c(-c3cc(C(C)C)cc[n+]3C)c(C)ccc12.Cc1ccc2c(n1)oc1c(-c3cc(C)c(C)c[n+]3C)c(C)ccc12.Cc1ccc2c(n1)oc1c(-c3cccc[n+]3C)c(C)ccc12.[2H]C([2H])([2H])c1cc(C)c(-c2ccc(C)c[n+]2C)c2oc3nc(C)ccc3c12. The Morgan fingerprint density at radius 3 is 1.00 bits per heavy atom. The summed E-state index contributed by atoms with van der Waals surface area (Å²) in [5, 5.41) is 10.1. The van der Waals surface area contributed by atoms with E-state index in [1.54, 1.807) is 6.07 Å². The Morgan fingerprint density at radius 2 is 0.610 bits per heavy atom. The van der Waals surface area contributed by atoms with E-state index in [4.69, 9.17) is 26.2 Å². The van der Waals surface area contributed by atoms with Crippen LogP contribution in [0.1, 0.15) is 114 Å². The van der Waals surface area contributed by atoms with E-state index in [1.165, 1.54) is 50.2 Å². The van der Waals surface area contributed by atoms with E-state index >= 15 is 0 Å². The molecular formula is C103H101N10O5+5. The molecule has 0 unspecified atom stereocenters. The molecule has 0 amide bonds. The fraction of sp³-hybridized carbons (Fsp3) is 0.223. The molecule has 0 aliphatic carbocycles. The Labute approximate surface area is 692 Å². The van der Waals surface area contributed by atoms with Crippen molar-refractivity contribution < 1.29 is 49.0 Å². The highest BCUT2D eigenvalue weighted by Gasteiger charge is 2.28. The third kappa shape index (κ3) is 14.6. The minimum Gasteiger partial charge on any atom is -0.437 e. The number of benzene rings is 5. The van der Waals surface area contributed by atoms with Crippen LogP contribution < -0.4 is 22.8 Å². The molecule has 0 fully saturated rings. The first-order valence-corrected chi connectivity index (χ1v) is 40.1. The van der Waals surface area contributed by atoms with Crippen LogP contribution in [-0.2, 0) is 35.2 Å². The van der Waals surface area contributed by atoms with Crippen molar-refractivity contribution in [2.75, 3.05) is 0 Å². The quantitative estimate of drug-likeness (QED) is 0.147. The van der Waals surface area contributed by atoms with Crippen molar-refractivity contribution in [3.05, 3.63) is 297 Å². The van der Waals surface area contributed by atoms with Gasteiger partial charge in [0.1, 0.15) is 35.2 Å². The van der Waals surface area contributed by atoms with Crippen LogP contribution >= 0.6 is 0 Å². The van der Waals surface area contributed by atoms with Crippen LogP contribution in [0, 0.1) is 104 Å². The number of hydrogen-bond donors (Lipinski definition) is 0. The molecule has 118 heavy (non-hydrogen) atoms. The lowest BCUT2D eigenvalue weighted by Gasteiger charge is -2.09. The summed E-state index contributed by atoms with van der Waals surface area (Å²) in [6.07, 6.45) is 10.5. The summed E-state index contributed by atoms with van der Waals surface area (Å²) < 4.78 is 65.6. The minimum absolute atomic E-state index is 0.304. The molecular weight excluding hydrogens is 1460 g/mol. The first kappa shape index (κ1) is 74.7. The van der Waals surface area contributed by atoms with Crippen LogP contribution in [0.25, 0.3) is 167 Å². The van der Waals surface area contributed by atoms with Gasteiger partial charge in [0.15, 0.2) is 58.9 Å². The van der Waals surface area contributed by atoms with Crippen LogP contribution in [0.4, 0.5) is 0 Å². The van der Waals surface area contributed by atoms with Crippen LogP contribution in [0.15, 0.2) is 229 Å². The normalized spacial score (nSPS) is 12.0. The average molecular weight is 1560 g/mol. The van der Waals surface area contributed by atoms with Gasteiger partial charge in [-0.25, -0.2) is 47.8 Å². The first-order valence-electron chi connectivity index (χ1n) is 41.6. The zero-order chi connectivity index (χ0) is 85.6. The molecule has 15 heteroatoms. The second kappa shape index (κ2) is 31.3. The Hall–Kier alpha value is -13.4. The predicted octanol–water partition coefficient (Wildman–Crippen LogP) is 23.1. The van der Waals surface area contributed by atoms with Gasteiger partial charge in [0.05, 0.1) is 27.8 Å². The second-order valence-corrected chi connectivity index (χ2v) is 32.2. The van der Waals surface area contributed by atoms with Crippen LogP contribution in [0.3, 0.4) is 0 Å². The zero-order valence-corrected chi connectivity index (χ0v) is 71.2. The van der Waals surface area contributed by atoms with Gasteiger partial charge >= 0.3 is 0 Å². The first-order chi connectivity index (χ1) is 57.8. The fourth-order valence-corrected chi connectivity index (χ4v) is 16.4. The predicted molar refractivity (Wildman–Crippen MR) is 476 cm³/mol. The largest absolute Gasteiger partial charge is 0.437 e. The molecule has 15 aromatic heterocycles. The van der Waals surface area contributed by atoms with Gasteiger partial charge in [-0.15, -0.1) is 0 Å². The number of hydrogen-bond acceptors (Lipinski definition) is 10. The van der Waals surface area contributed by atoms with Gasteiger partial charge in [-0.05, 0) is 233 Å². The molecule has 0 saturated carbocycles. The topological polar surface area (TPSA) is 150 Å². The van der Waals surface area contributed by atoms with Gasteiger partial charge in [-0.1, -0.05) is 68.4 Å². The maximum Gasteiger partial charge on any atom is 0.227 e. The van der Waals surface area contributed by atoms with Crippen LogP contribution in [-0.4, -0.2) is 24.9 Å². The van der Waals surface area contributed by atoms with Crippen molar-refractivity contribution in [2.45, 2.75) is 124 Å². The molecule has 0 aliphatic heterocycles. The van der Waals surface area contributed by atoms with E-state index in [-0.39, 0.29) is 0 Å². The maximum atomic E-state index is 8.02. The molecule has 0 N–H and O–H groups in total.